The van der Waals surface area contributed by atoms with Gasteiger partial charge in [0, 0.05) is 12.1 Å². The molecule has 1 amide bonds. The van der Waals surface area contributed by atoms with E-state index in [1.807, 2.05) is 6.07 Å². The Hall–Kier alpha value is -2.24. The van der Waals surface area contributed by atoms with Crippen LogP contribution in [0.3, 0.4) is 0 Å². The number of carbonyl (C=O) groups excluding carboxylic acids is 1. The van der Waals surface area contributed by atoms with Crippen LogP contribution in [0.1, 0.15) is 11.1 Å². The summed E-state index contributed by atoms with van der Waals surface area (Å²) in [4.78, 5) is 12.9. The van der Waals surface area contributed by atoms with Crippen LogP contribution in [0.25, 0.3) is 0 Å². The van der Waals surface area contributed by atoms with Crippen molar-refractivity contribution in [3.05, 3.63) is 35.4 Å². The van der Waals surface area contributed by atoms with E-state index in [2.05, 4.69) is 5.16 Å². The number of benzene rings is 1. The molecular weight excluding hydrogens is 222 g/mol. The average Bonchev–Trinajstić information content (AvgIpc) is 2.74. The van der Waals surface area contributed by atoms with Crippen molar-refractivity contribution in [3.8, 4) is 0 Å². The minimum atomic E-state index is -0.306. The van der Waals surface area contributed by atoms with Gasteiger partial charge >= 0.3 is 6.09 Å². The number of rotatable bonds is 3. The molecular formula is C11H13N3O3. The number of hydrogen-bond donors (Lipinski definition) is 2. The number of amides is 1. The minimum Gasteiger partial charge on any atom is -0.448 e. The normalized spacial score (nSPS) is 16.1. The maximum Gasteiger partial charge on any atom is 0.410 e. The first-order chi connectivity index (χ1) is 8.20. The summed E-state index contributed by atoms with van der Waals surface area (Å²) in [6.07, 6.45) is -0.306. The molecule has 1 fully saturated rings. The quantitative estimate of drug-likeness (QED) is 0.350. The van der Waals surface area contributed by atoms with Gasteiger partial charge in [0.05, 0.1) is 6.54 Å². The van der Waals surface area contributed by atoms with Gasteiger partial charge in [0.25, 0.3) is 0 Å². The molecule has 0 radical (unpaired) electrons. The van der Waals surface area contributed by atoms with Crippen molar-refractivity contribution in [3.63, 3.8) is 0 Å². The van der Waals surface area contributed by atoms with Gasteiger partial charge in [-0.3, -0.25) is 0 Å². The fraction of sp³-hybridized carbons (Fsp3) is 0.273. The predicted octanol–water partition coefficient (Wildman–Crippen LogP) is 0.733. The van der Waals surface area contributed by atoms with E-state index in [0.717, 1.165) is 5.56 Å². The number of nitrogens with two attached hydrogens (primary N) is 1. The van der Waals surface area contributed by atoms with Crippen molar-refractivity contribution in [2.75, 3.05) is 13.2 Å². The Labute approximate surface area is 98.3 Å². The fourth-order valence-corrected chi connectivity index (χ4v) is 1.68. The first-order valence-electron chi connectivity index (χ1n) is 5.19. The summed E-state index contributed by atoms with van der Waals surface area (Å²) >= 11 is 0. The van der Waals surface area contributed by atoms with Gasteiger partial charge in [0.2, 0.25) is 0 Å². The molecule has 0 aromatic heterocycles. The van der Waals surface area contributed by atoms with Gasteiger partial charge in [-0.25, -0.2) is 4.79 Å². The van der Waals surface area contributed by atoms with E-state index in [0.29, 0.717) is 25.3 Å². The number of nitrogens with zero attached hydrogens (tertiary/aromatic N) is 2. The molecule has 1 aliphatic heterocycles. The van der Waals surface area contributed by atoms with Gasteiger partial charge in [0.1, 0.15) is 6.61 Å². The summed E-state index contributed by atoms with van der Waals surface area (Å²) in [6.45, 7) is 1.48. The summed E-state index contributed by atoms with van der Waals surface area (Å²) in [7, 11) is 0. The SMILES string of the molecule is NC(=NO)c1cccc(CN2CCOC2=O)c1. The third-order valence-corrected chi connectivity index (χ3v) is 2.55. The molecule has 0 spiro atoms. The molecule has 6 nitrogen and oxygen atoms in total. The van der Waals surface area contributed by atoms with Gasteiger partial charge in [0.15, 0.2) is 5.84 Å². The number of oxime groups is 1. The van der Waals surface area contributed by atoms with E-state index in [1.165, 1.54) is 0 Å². The molecule has 2 rings (SSSR count). The van der Waals surface area contributed by atoms with Crippen molar-refractivity contribution in [1.29, 1.82) is 0 Å². The lowest BCUT2D eigenvalue weighted by atomic mass is 10.1. The molecule has 17 heavy (non-hydrogen) atoms. The fourth-order valence-electron chi connectivity index (χ4n) is 1.68. The molecule has 90 valence electrons. The van der Waals surface area contributed by atoms with Crippen LogP contribution >= 0.6 is 0 Å². The lowest BCUT2D eigenvalue weighted by molar-refractivity contribution is 0.157. The zero-order chi connectivity index (χ0) is 12.3. The molecule has 1 saturated heterocycles. The second-order valence-corrected chi connectivity index (χ2v) is 3.72. The van der Waals surface area contributed by atoms with E-state index in [-0.39, 0.29) is 11.9 Å². The van der Waals surface area contributed by atoms with Crippen LogP contribution in [-0.2, 0) is 11.3 Å². The van der Waals surface area contributed by atoms with Gasteiger partial charge < -0.3 is 20.6 Å². The van der Waals surface area contributed by atoms with Gasteiger partial charge in [-0.1, -0.05) is 23.4 Å². The highest BCUT2D eigenvalue weighted by Crippen LogP contribution is 2.12. The Bertz CT molecular complexity index is 459. The monoisotopic (exact) mass is 235 g/mol. The van der Waals surface area contributed by atoms with Crippen molar-refractivity contribution in [2.45, 2.75) is 6.54 Å². The van der Waals surface area contributed by atoms with E-state index in [1.54, 1.807) is 23.1 Å². The smallest absolute Gasteiger partial charge is 0.410 e. The molecule has 0 bridgehead atoms. The molecule has 1 aromatic carbocycles. The molecule has 1 heterocycles. The largest absolute Gasteiger partial charge is 0.448 e. The van der Waals surface area contributed by atoms with Gasteiger partial charge in [-0.2, -0.15) is 0 Å². The Balaban J connectivity index is 2.14. The minimum absolute atomic E-state index is 0.0517. The van der Waals surface area contributed by atoms with Crippen LogP contribution in [0.2, 0.25) is 0 Å². The van der Waals surface area contributed by atoms with Crippen LogP contribution in [0.15, 0.2) is 29.4 Å². The standard InChI is InChI=1S/C11H13N3O3/c12-10(13-16)9-3-1-2-8(6-9)7-14-4-5-17-11(14)15/h1-3,6,16H,4-5,7H2,(H2,12,13). The molecule has 0 atom stereocenters. The molecule has 0 unspecified atom stereocenters. The lowest BCUT2D eigenvalue weighted by Crippen LogP contribution is -2.23. The number of hydrogen-bond acceptors (Lipinski definition) is 4. The summed E-state index contributed by atoms with van der Waals surface area (Å²) < 4.78 is 4.84. The average molecular weight is 235 g/mol. The lowest BCUT2D eigenvalue weighted by Gasteiger charge is -2.12. The maximum absolute atomic E-state index is 11.3. The Morgan fingerprint density at radius 3 is 3.06 bits per heavy atom. The second-order valence-electron chi connectivity index (χ2n) is 3.72. The Kier molecular flexibility index (Phi) is 3.13. The highest BCUT2D eigenvalue weighted by Gasteiger charge is 2.21. The number of carbonyl (C=O) groups is 1. The topological polar surface area (TPSA) is 88.2 Å². The summed E-state index contributed by atoms with van der Waals surface area (Å²) in [5.74, 6) is 0.0517. The molecule has 1 aromatic rings. The summed E-state index contributed by atoms with van der Waals surface area (Å²) in [5.41, 5.74) is 7.03. The zero-order valence-corrected chi connectivity index (χ0v) is 9.17. The first kappa shape index (κ1) is 11.3. The van der Waals surface area contributed by atoms with Crippen LogP contribution < -0.4 is 5.73 Å². The van der Waals surface area contributed by atoms with Crippen LogP contribution in [-0.4, -0.2) is 35.2 Å². The van der Waals surface area contributed by atoms with Crippen molar-refractivity contribution < 1.29 is 14.7 Å². The highest BCUT2D eigenvalue weighted by molar-refractivity contribution is 5.97. The van der Waals surface area contributed by atoms with Gasteiger partial charge in [-0.05, 0) is 11.6 Å². The van der Waals surface area contributed by atoms with Crippen molar-refractivity contribution in [1.82, 2.24) is 4.90 Å². The van der Waals surface area contributed by atoms with E-state index < -0.39 is 0 Å². The third kappa shape index (κ3) is 2.47. The van der Waals surface area contributed by atoms with Gasteiger partial charge in [-0.15, -0.1) is 0 Å². The third-order valence-electron chi connectivity index (χ3n) is 2.55. The molecule has 0 saturated carbocycles. The van der Waals surface area contributed by atoms with Crippen molar-refractivity contribution in [2.24, 2.45) is 10.9 Å². The van der Waals surface area contributed by atoms with Crippen molar-refractivity contribution >= 4 is 11.9 Å². The van der Waals surface area contributed by atoms with E-state index in [4.69, 9.17) is 15.7 Å². The van der Waals surface area contributed by atoms with E-state index >= 15 is 0 Å². The zero-order valence-electron chi connectivity index (χ0n) is 9.17. The molecule has 6 heteroatoms. The summed E-state index contributed by atoms with van der Waals surface area (Å²) in [6, 6.07) is 7.19. The first-order valence-corrected chi connectivity index (χ1v) is 5.19. The molecule has 3 N–H and O–H groups in total. The number of cyclic esters (lactones) is 1. The maximum atomic E-state index is 11.3. The van der Waals surface area contributed by atoms with Crippen LogP contribution in [0.4, 0.5) is 4.79 Å². The number of amidine groups is 1. The van der Waals surface area contributed by atoms with E-state index in [9.17, 15) is 4.79 Å². The second kappa shape index (κ2) is 4.73. The highest BCUT2D eigenvalue weighted by atomic mass is 16.6. The van der Waals surface area contributed by atoms with Crippen LogP contribution in [0.5, 0.6) is 0 Å². The Morgan fingerprint density at radius 1 is 1.59 bits per heavy atom. The number of ether oxygens (including phenoxy) is 1. The molecule has 1 aliphatic rings. The summed E-state index contributed by atoms with van der Waals surface area (Å²) in [5, 5.41) is 11.5. The van der Waals surface area contributed by atoms with Crippen LogP contribution in [0, 0.1) is 0 Å². The molecule has 0 aliphatic carbocycles. The Morgan fingerprint density at radius 2 is 2.41 bits per heavy atom. The predicted molar refractivity (Wildman–Crippen MR) is 60.7 cm³/mol.